The molecule has 13 heavy (non-hydrogen) atoms. The number of hydrogen-bond donors (Lipinski definition) is 2. The van der Waals surface area contributed by atoms with Crippen molar-refractivity contribution in [3.63, 3.8) is 0 Å². The topological polar surface area (TPSA) is 102 Å². The van der Waals surface area contributed by atoms with E-state index in [1.54, 1.807) is 0 Å². The van der Waals surface area contributed by atoms with Gasteiger partial charge in [-0.1, -0.05) is 5.16 Å². The summed E-state index contributed by atoms with van der Waals surface area (Å²) in [5.74, 6) is -0.0658. The second-order valence-electron chi connectivity index (χ2n) is 3.00. The fourth-order valence-electron chi connectivity index (χ4n) is 1.52. The summed E-state index contributed by atoms with van der Waals surface area (Å²) < 4.78 is 0. The number of carboxylic acid groups (broad SMARTS) is 1. The molecule has 1 heterocycles. The number of likely N-dealkylation sites (tertiary alicyclic amines) is 1. The minimum absolute atomic E-state index is 0.0658. The molecule has 1 rings (SSSR count). The number of carbonyl (C=O) groups excluding carboxylic acids is 1. The van der Waals surface area contributed by atoms with E-state index >= 15 is 0 Å². The minimum atomic E-state index is -1.27. The molecule has 1 aliphatic rings. The smallest absolute Gasteiger partial charge is 0.161 e. The summed E-state index contributed by atoms with van der Waals surface area (Å²) in [4.78, 5) is 11.7. The predicted molar refractivity (Wildman–Crippen MR) is 43.1 cm³/mol. The summed E-state index contributed by atoms with van der Waals surface area (Å²) in [6.45, 7) is 0.392. The number of carbonyl (C=O) groups is 1. The van der Waals surface area contributed by atoms with Crippen molar-refractivity contribution in [3.8, 4) is 0 Å². The van der Waals surface area contributed by atoms with Gasteiger partial charge in [-0.3, -0.25) is 0 Å². The summed E-state index contributed by atoms with van der Waals surface area (Å²) in [6.07, 6.45) is 0.994. The maximum Gasteiger partial charge on any atom is 0.161 e. The number of amides is 1. The van der Waals surface area contributed by atoms with Gasteiger partial charge in [-0.15, -0.1) is 0 Å². The Hall–Kier alpha value is -1.46. The molecule has 6 heteroatoms. The molecule has 6 nitrogen and oxygen atoms in total. The first kappa shape index (κ1) is 9.63. The third-order valence-corrected chi connectivity index (χ3v) is 2.19. The number of piperidine rings is 1. The first-order valence-corrected chi connectivity index (χ1v) is 4.12. The van der Waals surface area contributed by atoms with E-state index < -0.39 is 12.1 Å². The third kappa shape index (κ3) is 2.01. The molecule has 0 aromatic rings. The lowest BCUT2D eigenvalue weighted by molar-refractivity contribution is -0.267. The number of nitrogens with two attached hydrogens (primary N) is 1. The van der Waals surface area contributed by atoms with Crippen LogP contribution in [0.3, 0.4) is 0 Å². The molecule has 0 aliphatic carbocycles. The SMILES string of the molecule is N/C(=N\O)C1CCCCN1C(=O)[O-]. The Kier molecular flexibility index (Phi) is 2.94. The first-order valence-electron chi connectivity index (χ1n) is 4.12. The summed E-state index contributed by atoms with van der Waals surface area (Å²) in [5.41, 5.74) is 5.34. The van der Waals surface area contributed by atoms with E-state index in [4.69, 9.17) is 10.9 Å². The first-order chi connectivity index (χ1) is 6.16. The molecule has 0 saturated carbocycles. The molecule has 1 amide bonds. The number of rotatable bonds is 1. The fraction of sp³-hybridized carbons (Fsp3) is 0.714. The number of amidine groups is 1. The van der Waals surface area contributed by atoms with Crippen LogP contribution in [0.15, 0.2) is 5.16 Å². The standard InChI is InChI=1S/C7H13N3O3/c8-6(9-13)5-3-1-2-4-10(5)7(11)12/h5,13H,1-4H2,(H2,8,9)(H,11,12)/p-1. The van der Waals surface area contributed by atoms with Crippen LogP contribution >= 0.6 is 0 Å². The van der Waals surface area contributed by atoms with Gasteiger partial charge in [0.05, 0.1) is 6.04 Å². The summed E-state index contributed by atoms with van der Waals surface area (Å²) in [5, 5.41) is 21.8. The zero-order valence-electron chi connectivity index (χ0n) is 7.14. The van der Waals surface area contributed by atoms with Crippen molar-refractivity contribution >= 4 is 11.9 Å². The average molecular weight is 186 g/mol. The van der Waals surface area contributed by atoms with Crippen molar-refractivity contribution in [2.75, 3.05) is 6.54 Å². The summed E-state index contributed by atoms with van der Waals surface area (Å²) >= 11 is 0. The molecule has 1 saturated heterocycles. The van der Waals surface area contributed by atoms with Gasteiger partial charge >= 0.3 is 0 Å². The van der Waals surface area contributed by atoms with Crippen molar-refractivity contribution in [2.24, 2.45) is 10.9 Å². The Morgan fingerprint density at radius 1 is 1.62 bits per heavy atom. The molecule has 1 atom stereocenters. The zero-order valence-corrected chi connectivity index (χ0v) is 7.14. The molecule has 3 N–H and O–H groups in total. The Morgan fingerprint density at radius 3 is 2.85 bits per heavy atom. The van der Waals surface area contributed by atoms with Crippen LogP contribution in [-0.4, -0.2) is 34.6 Å². The molecule has 0 aromatic heterocycles. The van der Waals surface area contributed by atoms with Crippen molar-refractivity contribution in [1.29, 1.82) is 0 Å². The van der Waals surface area contributed by atoms with Crippen LogP contribution in [0.25, 0.3) is 0 Å². The van der Waals surface area contributed by atoms with Crippen LogP contribution < -0.4 is 10.8 Å². The van der Waals surface area contributed by atoms with E-state index in [2.05, 4.69) is 5.16 Å². The zero-order chi connectivity index (χ0) is 9.84. The second-order valence-corrected chi connectivity index (χ2v) is 3.00. The number of hydrogen-bond acceptors (Lipinski definition) is 4. The van der Waals surface area contributed by atoms with Crippen molar-refractivity contribution in [3.05, 3.63) is 0 Å². The van der Waals surface area contributed by atoms with E-state index in [0.29, 0.717) is 13.0 Å². The molecule has 74 valence electrons. The maximum atomic E-state index is 10.6. The second kappa shape index (κ2) is 3.97. The van der Waals surface area contributed by atoms with Crippen LogP contribution in [0.1, 0.15) is 19.3 Å². The van der Waals surface area contributed by atoms with E-state index in [0.717, 1.165) is 17.7 Å². The largest absolute Gasteiger partial charge is 0.530 e. The van der Waals surface area contributed by atoms with E-state index in [1.807, 2.05) is 0 Å². The van der Waals surface area contributed by atoms with E-state index in [-0.39, 0.29) is 5.84 Å². The third-order valence-electron chi connectivity index (χ3n) is 2.19. The highest BCUT2D eigenvalue weighted by molar-refractivity contribution is 5.88. The lowest BCUT2D eigenvalue weighted by Crippen LogP contribution is -2.54. The fourth-order valence-corrected chi connectivity index (χ4v) is 1.52. The quantitative estimate of drug-likeness (QED) is 0.235. The number of nitrogens with zero attached hydrogens (tertiary/aromatic N) is 2. The van der Waals surface area contributed by atoms with Crippen LogP contribution in [0, 0.1) is 0 Å². The molecule has 0 bridgehead atoms. The summed E-state index contributed by atoms with van der Waals surface area (Å²) in [6, 6.07) is -0.524. The molecule has 0 radical (unpaired) electrons. The highest BCUT2D eigenvalue weighted by Gasteiger charge is 2.25. The van der Waals surface area contributed by atoms with Crippen molar-refractivity contribution in [2.45, 2.75) is 25.3 Å². The maximum absolute atomic E-state index is 10.6. The Balaban J connectivity index is 2.73. The molecule has 0 aromatic carbocycles. The Morgan fingerprint density at radius 2 is 2.31 bits per heavy atom. The van der Waals surface area contributed by atoms with Crippen molar-refractivity contribution in [1.82, 2.24) is 4.90 Å². The van der Waals surface area contributed by atoms with Crippen LogP contribution in [-0.2, 0) is 0 Å². The van der Waals surface area contributed by atoms with Gasteiger partial charge in [0, 0.05) is 6.54 Å². The molecular formula is C7H12N3O3-. The highest BCUT2D eigenvalue weighted by Crippen LogP contribution is 2.16. The van der Waals surface area contributed by atoms with E-state index in [1.165, 1.54) is 0 Å². The van der Waals surface area contributed by atoms with E-state index in [9.17, 15) is 9.90 Å². The highest BCUT2D eigenvalue weighted by atomic mass is 16.4. The van der Waals surface area contributed by atoms with Gasteiger partial charge in [0.15, 0.2) is 5.84 Å². The monoisotopic (exact) mass is 186 g/mol. The van der Waals surface area contributed by atoms with Gasteiger partial charge < -0.3 is 25.7 Å². The van der Waals surface area contributed by atoms with Gasteiger partial charge in [-0.05, 0) is 19.3 Å². The van der Waals surface area contributed by atoms with Gasteiger partial charge in [-0.2, -0.15) is 0 Å². The minimum Gasteiger partial charge on any atom is -0.530 e. The summed E-state index contributed by atoms with van der Waals surface area (Å²) in [7, 11) is 0. The molecule has 1 fully saturated rings. The van der Waals surface area contributed by atoms with Gasteiger partial charge in [0.1, 0.15) is 6.09 Å². The lowest BCUT2D eigenvalue weighted by atomic mass is 10.0. The molecule has 1 aliphatic heterocycles. The predicted octanol–water partition coefficient (Wildman–Crippen LogP) is -1.07. The normalized spacial score (nSPS) is 24.5. The van der Waals surface area contributed by atoms with Gasteiger partial charge in [0.2, 0.25) is 0 Å². The van der Waals surface area contributed by atoms with Crippen LogP contribution in [0.5, 0.6) is 0 Å². The number of oxime groups is 1. The Labute approximate surface area is 75.6 Å². The van der Waals surface area contributed by atoms with Crippen molar-refractivity contribution < 1.29 is 15.1 Å². The Bertz CT molecular complexity index is 229. The molecule has 1 unspecified atom stereocenters. The average Bonchev–Trinajstić information content (AvgIpc) is 2.16. The molecule has 0 spiro atoms. The van der Waals surface area contributed by atoms with Crippen LogP contribution in [0.4, 0.5) is 4.79 Å². The van der Waals surface area contributed by atoms with Gasteiger partial charge in [-0.25, -0.2) is 0 Å². The molecular weight excluding hydrogens is 174 g/mol. The lowest BCUT2D eigenvalue weighted by Gasteiger charge is -2.36. The van der Waals surface area contributed by atoms with Gasteiger partial charge in [0.25, 0.3) is 0 Å². The van der Waals surface area contributed by atoms with Crippen LogP contribution in [0.2, 0.25) is 0 Å².